The number of rotatable bonds is 6. The van der Waals surface area contributed by atoms with Gasteiger partial charge in [0.05, 0.1) is 18.4 Å². The zero-order valence-corrected chi connectivity index (χ0v) is 13.6. The number of carbonyl (C=O) groups is 2. The highest BCUT2D eigenvalue weighted by Crippen LogP contribution is 2.25. The molecule has 2 aromatic rings. The average molecular weight is 366 g/mol. The smallest absolute Gasteiger partial charge is 0.331 e. The topological polar surface area (TPSA) is 102 Å². The minimum atomic E-state index is -1.41. The van der Waals surface area contributed by atoms with E-state index in [1.807, 2.05) is 0 Å². The molecule has 1 aromatic carbocycles. The van der Waals surface area contributed by atoms with Gasteiger partial charge in [0.1, 0.15) is 11.6 Å². The number of aryl methyl sites for hydroxylation is 1. The van der Waals surface area contributed by atoms with Gasteiger partial charge in [0, 0.05) is 31.9 Å². The summed E-state index contributed by atoms with van der Waals surface area (Å²) in [6, 6.07) is 3.07. The molecule has 0 aliphatic carbocycles. The summed E-state index contributed by atoms with van der Waals surface area (Å²) in [5, 5.41) is 11.8. The number of benzene rings is 1. The van der Waals surface area contributed by atoms with E-state index in [-0.39, 0.29) is 49.7 Å². The van der Waals surface area contributed by atoms with Crippen LogP contribution in [0.4, 0.5) is 8.78 Å². The molecular weight excluding hydrogens is 350 g/mol. The number of halogens is 2. The maximum absolute atomic E-state index is 13.7. The second kappa shape index (κ2) is 7.20. The van der Waals surface area contributed by atoms with Crippen molar-refractivity contribution in [2.75, 3.05) is 13.2 Å². The Balaban J connectivity index is 1.61. The molecule has 1 amide bonds. The molecule has 1 aliphatic rings. The minimum Gasteiger partial charge on any atom is -0.479 e. The van der Waals surface area contributed by atoms with Crippen LogP contribution >= 0.6 is 0 Å². The molecule has 1 fully saturated rings. The average Bonchev–Trinajstić information content (AvgIpc) is 3.23. The number of carboxylic acid groups (broad SMARTS) is 1. The highest BCUT2D eigenvalue weighted by atomic mass is 19.1. The molecule has 1 unspecified atom stereocenters. The first-order chi connectivity index (χ1) is 12.4. The van der Waals surface area contributed by atoms with Gasteiger partial charge in [0.25, 0.3) is 0 Å². The third-order valence-corrected chi connectivity index (χ3v) is 4.13. The number of oxazole rings is 1. The Morgan fingerprint density at radius 3 is 2.81 bits per heavy atom. The van der Waals surface area contributed by atoms with Crippen LogP contribution in [-0.4, -0.2) is 40.7 Å². The fraction of sp³-hybridized carbons (Fsp3) is 0.353. The second-order valence-electron chi connectivity index (χ2n) is 5.98. The number of carbonyl (C=O) groups excluding carboxylic acids is 1. The first-order valence-corrected chi connectivity index (χ1v) is 7.92. The van der Waals surface area contributed by atoms with Gasteiger partial charge in [-0.25, -0.2) is 18.6 Å². The number of carboxylic acids is 1. The largest absolute Gasteiger partial charge is 0.479 e. The van der Waals surface area contributed by atoms with Crippen molar-refractivity contribution in [3.8, 4) is 11.3 Å². The molecule has 7 nitrogen and oxygen atoms in total. The van der Waals surface area contributed by atoms with Crippen molar-refractivity contribution >= 4 is 11.9 Å². The molecule has 138 valence electrons. The third kappa shape index (κ3) is 3.72. The van der Waals surface area contributed by atoms with E-state index >= 15 is 0 Å². The number of aliphatic carboxylic acids is 1. The lowest BCUT2D eigenvalue weighted by Crippen LogP contribution is -2.55. The van der Waals surface area contributed by atoms with Gasteiger partial charge >= 0.3 is 5.97 Å². The predicted octanol–water partition coefficient (Wildman–Crippen LogP) is 1.91. The van der Waals surface area contributed by atoms with Gasteiger partial charge in [-0.3, -0.25) is 4.79 Å². The van der Waals surface area contributed by atoms with Gasteiger partial charge in [0.2, 0.25) is 5.91 Å². The van der Waals surface area contributed by atoms with Gasteiger partial charge in [-0.2, -0.15) is 0 Å². The van der Waals surface area contributed by atoms with Crippen molar-refractivity contribution < 1.29 is 32.6 Å². The molecule has 0 saturated carbocycles. The summed E-state index contributed by atoms with van der Waals surface area (Å²) in [4.78, 5) is 27.4. The molecule has 2 N–H and O–H groups in total. The van der Waals surface area contributed by atoms with Crippen molar-refractivity contribution in [3.63, 3.8) is 0 Å². The van der Waals surface area contributed by atoms with Gasteiger partial charge in [0.15, 0.2) is 17.2 Å². The summed E-state index contributed by atoms with van der Waals surface area (Å²) < 4.78 is 37.2. The number of amides is 1. The quantitative estimate of drug-likeness (QED) is 0.810. The molecular formula is C17H16F2N2O5. The molecule has 9 heteroatoms. The van der Waals surface area contributed by atoms with E-state index in [0.717, 1.165) is 12.1 Å². The molecule has 0 bridgehead atoms. The third-order valence-electron chi connectivity index (χ3n) is 4.13. The van der Waals surface area contributed by atoms with E-state index in [9.17, 15) is 23.5 Å². The lowest BCUT2D eigenvalue weighted by molar-refractivity contribution is -0.147. The van der Waals surface area contributed by atoms with Crippen molar-refractivity contribution in [1.29, 1.82) is 0 Å². The fourth-order valence-electron chi connectivity index (χ4n) is 2.68. The van der Waals surface area contributed by atoms with Crippen LogP contribution in [0.3, 0.4) is 0 Å². The Bertz CT molecular complexity index is 830. The van der Waals surface area contributed by atoms with Crippen LogP contribution in [0.1, 0.15) is 18.7 Å². The van der Waals surface area contributed by atoms with E-state index < -0.39 is 29.0 Å². The van der Waals surface area contributed by atoms with Gasteiger partial charge in [-0.1, -0.05) is 0 Å². The molecule has 1 aliphatic heterocycles. The Morgan fingerprint density at radius 2 is 2.15 bits per heavy atom. The zero-order valence-electron chi connectivity index (χ0n) is 13.6. The number of hydrogen-bond donors (Lipinski definition) is 2. The summed E-state index contributed by atoms with van der Waals surface area (Å²) in [6.07, 6.45) is 1.53. The Labute approximate surface area is 147 Å². The van der Waals surface area contributed by atoms with E-state index in [1.165, 1.54) is 12.3 Å². The summed E-state index contributed by atoms with van der Waals surface area (Å²) in [6.45, 7) is 0.181. The molecule has 1 saturated heterocycles. The van der Waals surface area contributed by atoms with Crippen molar-refractivity contribution in [2.45, 2.75) is 24.8 Å². The summed E-state index contributed by atoms with van der Waals surface area (Å²) in [5.74, 6) is -2.81. The van der Waals surface area contributed by atoms with E-state index in [1.54, 1.807) is 0 Å². The maximum atomic E-state index is 13.7. The lowest BCUT2D eigenvalue weighted by atomic mass is 9.98. The Hall–Kier alpha value is -2.81. The van der Waals surface area contributed by atoms with Crippen molar-refractivity contribution in [1.82, 2.24) is 10.3 Å². The molecule has 1 aromatic heterocycles. The highest BCUT2D eigenvalue weighted by Gasteiger charge is 2.43. The van der Waals surface area contributed by atoms with Crippen LogP contribution < -0.4 is 5.32 Å². The molecule has 26 heavy (non-hydrogen) atoms. The van der Waals surface area contributed by atoms with E-state index in [2.05, 4.69) is 10.3 Å². The van der Waals surface area contributed by atoms with Gasteiger partial charge < -0.3 is 19.6 Å². The van der Waals surface area contributed by atoms with Crippen LogP contribution in [0, 0.1) is 11.6 Å². The predicted molar refractivity (Wildman–Crippen MR) is 84.1 cm³/mol. The zero-order chi connectivity index (χ0) is 18.7. The lowest BCUT2D eigenvalue weighted by Gasteiger charge is -2.23. The first kappa shape index (κ1) is 18.0. The van der Waals surface area contributed by atoms with E-state index in [0.29, 0.717) is 0 Å². The minimum absolute atomic E-state index is 0.0547. The summed E-state index contributed by atoms with van der Waals surface area (Å²) in [7, 11) is 0. The van der Waals surface area contributed by atoms with Crippen LogP contribution in [0.2, 0.25) is 0 Å². The fourth-order valence-corrected chi connectivity index (χ4v) is 2.68. The van der Waals surface area contributed by atoms with Crippen LogP contribution in [-0.2, 0) is 20.7 Å². The van der Waals surface area contributed by atoms with Crippen LogP contribution in [0.5, 0.6) is 0 Å². The molecule has 3 rings (SSSR count). The number of aromatic nitrogens is 1. The van der Waals surface area contributed by atoms with Crippen molar-refractivity contribution in [3.05, 3.63) is 41.9 Å². The van der Waals surface area contributed by atoms with Gasteiger partial charge in [-0.15, -0.1) is 0 Å². The SMILES string of the molecule is O=C(CCc1ncc(-c2ccc(F)cc2F)o1)NC1(C(=O)O)CCOC1. The molecule has 2 heterocycles. The monoisotopic (exact) mass is 366 g/mol. The van der Waals surface area contributed by atoms with Crippen LogP contribution in [0.15, 0.2) is 28.8 Å². The van der Waals surface area contributed by atoms with Gasteiger partial charge in [-0.05, 0) is 12.1 Å². The number of hydrogen-bond acceptors (Lipinski definition) is 5. The molecule has 0 spiro atoms. The van der Waals surface area contributed by atoms with E-state index in [4.69, 9.17) is 9.15 Å². The molecule has 0 radical (unpaired) electrons. The Morgan fingerprint density at radius 1 is 1.35 bits per heavy atom. The number of ether oxygens (including phenoxy) is 1. The number of nitrogens with zero attached hydrogens (tertiary/aromatic N) is 1. The van der Waals surface area contributed by atoms with Crippen LogP contribution in [0.25, 0.3) is 11.3 Å². The van der Waals surface area contributed by atoms with Crippen molar-refractivity contribution in [2.24, 2.45) is 0 Å². The first-order valence-electron chi connectivity index (χ1n) is 7.92. The molecule has 1 atom stereocenters. The normalized spacial score (nSPS) is 19.5. The summed E-state index contributed by atoms with van der Waals surface area (Å²) >= 11 is 0. The highest BCUT2D eigenvalue weighted by molar-refractivity contribution is 5.87. The summed E-state index contributed by atoms with van der Waals surface area (Å²) in [5.41, 5.74) is -1.35. The maximum Gasteiger partial charge on any atom is 0.331 e. The Kier molecular flexibility index (Phi) is 4.99. The number of nitrogens with one attached hydrogen (secondary N) is 1. The standard InChI is InChI=1S/C17H16F2N2O5/c18-10-1-2-11(12(19)7-10)13-8-20-15(26-13)4-3-14(22)21-17(16(23)24)5-6-25-9-17/h1-2,7-8H,3-6,9H2,(H,21,22)(H,23,24). The second-order valence-corrected chi connectivity index (χ2v) is 5.98.